The van der Waals surface area contributed by atoms with Gasteiger partial charge in [0.1, 0.15) is 5.82 Å². The predicted molar refractivity (Wildman–Crippen MR) is 142 cm³/mol. The Balaban J connectivity index is 1.49. The average Bonchev–Trinajstić information content (AvgIpc) is 3.41. The maximum atomic E-state index is 5.01. The van der Waals surface area contributed by atoms with Crippen molar-refractivity contribution in [1.29, 1.82) is 0 Å². The van der Waals surface area contributed by atoms with E-state index in [2.05, 4.69) is 122 Å². The van der Waals surface area contributed by atoms with Gasteiger partial charge in [-0.05, 0) is 45.3 Å². The zero-order valence-electron chi connectivity index (χ0n) is 19.3. The molecule has 0 aliphatic heterocycles. The fraction of sp³-hybridized carbons (Fsp3) is 0.0938. The first kappa shape index (κ1) is 19.3. The highest BCUT2D eigenvalue weighted by atomic mass is 15.1. The summed E-state index contributed by atoms with van der Waals surface area (Å²) in [4.78, 5) is 5.01. The molecule has 1 aliphatic rings. The summed E-state index contributed by atoms with van der Waals surface area (Å²) in [5, 5.41) is 3.66. The van der Waals surface area contributed by atoms with Gasteiger partial charge < -0.3 is 4.57 Å². The van der Waals surface area contributed by atoms with Crippen molar-refractivity contribution >= 4 is 21.7 Å². The molecule has 0 amide bonds. The monoisotopic (exact) mass is 436 g/mol. The van der Waals surface area contributed by atoms with Crippen molar-refractivity contribution in [2.24, 2.45) is 0 Å². The lowest BCUT2D eigenvalue weighted by molar-refractivity contribution is 0.661. The Bertz CT molecular complexity index is 1720. The summed E-state index contributed by atoms with van der Waals surface area (Å²) in [7, 11) is 0. The summed E-state index contributed by atoms with van der Waals surface area (Å²) in [5.41, 5.74) is 9.06. The van der Waals surface area contributed by atoms with E-state index >= 15 is 0 Å². The number of benzene rings is 4. The smallest absolute Gasteiger partial charge is 0.145 e. The van der Waals surface area contributed by atoms with Crippen LogP contribution in [0.25, 0.3) is 49.7 Å². The second kappa shape index (κ2) is 6.91. The molecular formula is C32H24N2. The standard InChI is InChI=1S/C32H24N2/c1-32(2)27-15-9-8-14-24(27)30-25-18-19-34(29(25)17-16-28(30)32)31-23-13-7-6-12-22(23)26(20-33-31)21-10-4-3-5-11-21/h3-20H,1-2H3. The molecule has 2 nitrogen and oxygen atoms in total. The van der Waals surface area contributed by atoms with Crippen molar-refractivity contribution in [2.45, 2.75) is 19.3 Å². The normalized spacial score (nSPS) is 13.8. The molecule has 0 spiro atoms. The van der Waals surface area contributed by atoms with E-state index in [1.54, 1.807) is 0 Å². The van der Waals surface area contributed by atoms with E-state index in [-0.39, 0.29) is 5.41 Å². The van der Waals surface area contributed by atoms with Crippen LogP contribution in [-0.2, 0) is 5.41 Å². The largest absolute Gasteiger partial charge is 0.301 e. The molecule has 1 aliphatic carbocycles. The van der Waals surface area contributed by atoms with Gasteiger partial charge in [0.25, 0.3) is 0 Å². The van der Waals surface area contributed by atoms with E-state index in [9.17, 15) is 0 Å². The van der Waals surface area contributed by atoms with Crippen molar-refractivity contribution < 1.29 is 0 Å². The molecule has 0 radical (unpaired) electrons. The van der Waals surface area contributed by atoms with Gasteiger partial charge in [-0.15, -0.1) is 0 Å². The third kappa shape index (κ3) is 2.54. The SMILES string of the molecule is CC1(C)c2ccccc2-c2c1ccc1c2ccn1-c1ncc(-c2ccccc2)c2ccccc12. The third-order valence-electron chi connectivity index (χ3n) is 7.50. The number of hydrogen-bond acceptors (Lipinski definition) is 1. The van der Waals surface area contributed by atoms with Gasteiger partial charge in [-0.25, -0.2) is 4.98 Å². The van der Waals surface area contributed by atoms with Crippen LogP contribution in [0.1, 0.15) is 25.0 Å². The van der Waals surface area contributed by atoms with Crippen LogP contribution in [-0.4, -0.2) is 9.55 Å². The molecule has 7 rings (SSSR count). The first-order valence-corrected chi connectivity index (χ1v) is 11.8. The van der Waals surface area contributed by atoms with Crippen LogP contribution in [0.2, 0.25) is 0 Å². The molecule has 4 aromatic carbocycles. The van der Waals surface area contributed by atoms with Gasteiger partial charge in [-0.3, -0.25) is 0 Å². The fourth-order valence-electron chi connectivity index (χ4n) is 5.82. The Labute approximate surface area is 199 Å². The zero-order chi connectivity index (χ0) is 22.9. The minimum absolute atomic E-state index is 0.00446. The van der Waals surface area contributed by atoms with Crippen LogP contribution in [0.5, 0.6) is 0 Å². The second-order valence-electron chi connectivity index (χ2n) is 9.68. The van der Waals surface area contributed by atoms with Crippen molar-refractivity contribution in [1.82, 2.24) is 9.55 Å². The van der Waals surface area contributed by atoms with Crippen LogP contribution >= 0.6 is 0 Å². The molecule has 0 saturated heterocycles. The lowest BCUT2D eigenvalue weighted by atomic mass is 9.82. The van der Waals surface area contributed by atoms with Crippen LogP contribution in [0.15, 0.2) is 109 Å². The van der Waals surface area contributed by atoms with Gasteiger partial charge >= 0.3 is 0 Å². The Morgan fingerprint density at radius 3 is 2.21 bits per heavy atom. The molecule has 6 aromatic rings. The van der Waals surface area contributed by atoms with E-state index in [4.69, 9.17) is 4.98 Å². The predicted octanol–water partition coefficient (Wildman–Crippen LogP) is 8.15. The van der Waals surface area contributed by atoms with E-state index in [1.807, 2.05) is 6.20 Å². The number of rotatable bonds is 2. The molecule has 0 unspecified atom stereocenters. The van der Waals surface area contributed by atoms with Crippen molar-refractivity contribution in [3.05, 3.63) is 121 Å². The van der Waals surface area contributed by atoms with Gasteiger partial charge in [-0.2, -0.15) is 0 Å². The Hall–Kier alpha value is -4.17. The number of hydrogen-bond donors (Lipinski definition) is 0. The molecule has 0 fully saturated rings. The van der Waals surface area contributed by atoms with Gasteiger partial charge in [0, 0.05) is 34.1 Å². The minimum atomic E-state index is 0.00446. The van der Waals surface area contributed by atoms with E-state index < -0.39 is 0 Å². The molecule has 2 heteroatoms. The van der Waals surface area contributed by atoms with Gasteiger partial charge in [0.2, 0.25) is 0 Å². The molecule has 162 valence electrons. The van der Waals surface area contributed by atoms with Gasteiger partial charge in [-0.1, -0.05) is 98.8 Å². The highest BCUT2D eigenvalue weighted by Gasteiger charge is 2.36. The molecule has 0 N–H and O–H groups in total. The first-order chi connectivity index (χ1) is 16.6. The van der Waals surface area contributed by atoms with Crippen molar-refractivity contribution in [3.63, 3.8) is 0 Å². The molecule has 2 aromatic heterocycles. The van der Waals surface area contributed by atoms with Gasteiger partial charge in [0.15, 0.2) is 0 Å². The van der Waals surface area contributed by atoms with E-state index in [0.29, 0.717) is 0 Å². The fourth-order valence-corrected chi connectivity index (χ4v) is 5.82. The van der Waals surface area contributed by atoms with E-state index in [0.717, 1.165) is 16.8 Å². The summed E-state index contributed by atoms with van der Waals surface area (Å²) in [6.07, 6.45) is 4.19. The summed E-state index contributed by atoms with van der Waals surface area (Å²) >= 11 is 0. The minimum Gasteiger partial charge on any atom is -0.301 e. The van der Waals surface area contributed by atoms with E-state index in [1.165, 1.54) is 44.1 Å². The number of pyridine rings is 1. The van der Waals surface area contributed by atoms with Crippen molar-refractivity contribution in [2.75, 3.05) is 0 Å². The average molecular weight is 437 g/mol. The summed E-state index contributed by atoms with van der Waals surface area (Å²) < 4.78 is 2.25. The molecular weight excluding hydrogens is 412 g/mol. The zero-order valence-corrected chi connectivity index (χ0v) is 19.3. The molecule has 0 saturated carbocycles. The summed E-state index contributed by atoms with van der Waals surface area (Å²) in [5.74, 6) is 0.968. The molecule has 2 heterocycles. The lowest BCUT2D eigenvalue weighted by Crippen LogP contribution is -2.14. The number of nitrogens with zero attached hydrogens (tertiary/aromatic N) is 2. The highest BCUT2D eigenvalue weighted by Crippen LogP contribution is 2.51. The summed E-state index contributed by atoms with van der Waals surface area (Å²) in [6.45, 7) is 4.66. The molecule has 34 heavy (non-hydrogen) atoms. The van der Waals surface area contributed by atoms with Crippen LogP contribution in [0.4, 0.5) is 0 Å². The third-order valence-corrected chi connectivity index (χ3v) is 7.50. The van der Waals surface area contributed by atoms with Crippen molar-refractivity contribution in [3.8, 4) is 28.1 Å². The second-order valence-corrected chi connectivity index (χ2v) is 9.68. The Kier molecular flexibility index (Phi) is 3.93. The molecule has 0 bridgehead atoms. The quantitative estimate of drug-likeness (QED) is 0.268. The maximum absolute atomic E-state index is 5.01. The van der Waals surface area contributed by atoms with Crippen LogP contribution < -0.4 is 0 Å². The molecule has 0 atom stereocenters. The highest BCUT2D eigenvalue weighted by molar-refractivity contribution is 6.04. The maximum Gasteiger partial charge on any atom is 0.145 e. The Morgan fingerprint density at radius 1 is 0.618 bits per heavy atom. The van der Waals surface area contributed by atoms with Gasteiger partial charge in [0.05, 0.1) is 5.52 Å². The van der Waals surface area contributed by atoms with Crippen LogP contribution in [0.3, 0.4) is 0 Å². The summed E-state index contributed by atoms with van der Waals surface area (Å²) in [6, 6.07) is 34.8. The number of fused-ring (bicyclic) bond motifs is 6. The van der Waals surface area contributed by atoms with Crippen LogP contribution in [0, 0.1) is 0 Å². The Morgan fingerprint density at radius 2 is 1.35 bits per heavy atom. The lowest BCUT2D eigenvalue weighted by Gasteiger charge is -2.21. The first-order valence-electron chi connectivity index (χ1n) is 11.8. The number of aromatic nitrogens is 2. The topological polar surface area (TPSA) is 17.8 Å².